The third kappa shape index (κ3) is 4.87. The summed E-state index contributed by atoms with van der Waals surface area (Å²) in [6, 6.07) is 12.8. The van der Waals surface area contributed by atoms with Crippen molar-refractivity contribution in [1.29, 1.82) is 5.26 Å². The second-order valence-electron chi connectivity index (χ2n) is 9.05. The van der Waals surface area contributed by atoms with Gasteiger partial charge in [-0.25, -0.2) is 14.4 Å². The summed E-state index contributed by atoms with van der Waals surface area (Å²) in [4.78, 5) is 24.8. The van der Waals surface area contributed by atoms with Crippen LogP contribution in [-0.2, 0) is 11.2 Å². The van der Waals surface area contributed by atoms with Crippen LogP contribution in [0.5, 0.6) is 0 Å². The quantitative estimate of drug-likeness (QED) is 0.308. The van der Waals surface area contributed by atoms with Crippen molar-refractivity contribution < 1.29 is 9.18 Å². The molecule has 4 aromatic rings. The van der Waals surface area contributed by atoms with Crippen molar-refractivity contribution in [3.8, 4) is 17.3 Å². The molecule has 0 radical (unpaired) electrons. The van der Waals surface area contributed by atoms with E-state index < -0.39 is 0 Å². The topological polar surface area (TPSA) is 77.5 Å². The van der Waals surface area contributed by atoms with Gasteiger partial charge in [0.25, 0.3) is 0 Å². The van der Waals surface area contributed by atoms with Crippen LogP contribution in [0.15, 0.2) is 48.0 Å². The van der Waals surface area contributed by atoms with Gasteiger partial charge < -0.3 is 9.69 Å². The minimum Gasteiger partial charge on any atom is -0.305 e. The maximum Gasteiger partial charge on any atom is 0.191 e. The SMILES string of the molecule is CN(c1nc(-c2ccc(F)cc2)cs1)c1c(CCC#N)nc2ccc(C3CCN(CC=O)CC3)cn12. The van der Waals surface area contributed by atoms with Crippen LogP contribution in [0, 0.1) is 17.1 Å². The van der Waals surface area contributed by atoms with Crippen LogP contribution in [0.2, 0.25) is 0 Å². The van der Waals surface area contributed by atoms with E-state index in [1.807, 2.05) is 23.4 Å². The highest BCUT2D eigenvalue weighted by Gasteiger charge is 2.23. The first-order valence-electron chi connectivity index (χ1n) is 12.1. The van der Waals surface area contributed by atoms with Gasteiger partial charge in [-0.1, -0.05) is 6.07 Å². The second kappa shape index (κ2) is 10.6. The molecule has 1 aromatic carbocycles. The normalized spacial score (nSPS) is 14.7. The predicted molar refractivity (Wildman–Crippen MR) is 139 cm³/mol. The molecule has 1 fully saturated rings. The Kier molecular flexibility index (Phi) is 7.07. The number of pyridine rings is 1. The Bertz CT molecular complexity index is 1400. The minimum atomic E-state index is -0.274. The molecule has 0 amide bonds. The van der Waals surface area contributed by atoms with Gasteiger partial charge in [-0.3, -0.25) is 9.30 Å². The summed E-state index contributed by atoms with van der Waals surface area (Å²) >= 11 is 1.51. The smallest absolute Gasteiger partial charge is 0.191 e. The third-order valence-electron chi connectivity index (χ3n) is 6.79. The van der Waals surface area contributed by atoms with Gasteiger partial charge in [0.1, 0.15) is 23.6 Å². The summed E-state index contributed by atoms with van der Waals surface area (Å²) in [6.07, 6.45) is 6.09. The fourth-order valence-corrected chi connectivity index (χ4v) is 5.65. The molecule has 4 heterocycles. The number of likely N-dealkylation sites (tertiary alicyclic amines) is 1. The van der Waals surface area contributed by atoms with Crippen LogP contribution in [0.4, 0.5) is 15.3 Å². The minimum absolute atomic E-state index is 0.274. The van der Waals surface area contributed by atoms with Gasteiger partial charge in [0.05, 0.1) is 24.0 Å². The summed E-state index contributed by atoms with van der Waals surface area (Å²) in [7, 11) is 1.97. The fraction of sp³-hybridized carbons (Fsp3) is 0.333. The van der Waals surface area contributed by atoms with E-state index >= 15 is 0 Å². The van der Waals surface area contributed by atoms with Crippen LogP contribution in [0.25, 0.3) is 16.9 Å². The van der Waals surface area contributed by atoms with Crippen molar-refractivity contribution in [2.75, 3.05) is 31.6 Å². The zero-order valence-corrected chi connectivity index (χ0v) is 20.9. The molecule has 0 aliphatic carbocycles. The highest BCUT2D eigenvalue weighted by Crippen LogP contribution is 2.35. The van der Waals surface area contributed by atoms with Gasteiger partial charge in [0, 0.05) is 37.0 Å². The van der Waals surface area contributed by atoms with Crippen molar-refractivity contribution in [3.63, 3.8) is 0 Å². The van der Waals surface area contributed by atoms with Crippen LogP contribution in [0.1, 0.15) is 36.4 Å². The molecule has 9 heteroatoms. The van der Waals surface area contributed by atoms with E-state index in [9.17, 15) is 14.4 Å². The molecule has 1 aliphatic heterocycles. The first-order valence-corrected chi connectivity index (χ1v) is 12.9. The van der Waals surface area contributed by atoms with E-state index in [-0.39, 0.29) is 5.82 Å². The number of fused-ring (bicyclic) bond motifs is 1. The molecule has 0 N–H and O–H groups in total. The summed E-state index contributed by atoms with van der Waals surface area (Å²) in [5.41, 5.74) is 4.59. The number of aryl methyl sites for hydroxylation is 1. The Hall–Kier alpha value is -3.61. The molecule has 0 unspecified atom stereocenters. The van der Waals surface area contributed by atoms with Crippen LogP contribution in [0.3, 0.4) is 0 Å². The molecule has 0 atom stereocenters. The number of hydrogen-bond donors (Lipinski definition) is 0. The highest BCUT2D eigenvalue weighted by molar-refractivity contribution is 7.14. The number of thiazole rings is 1. The maximum absolute atomic E-state index is 13.4. The van der Waals surface area contributed by atoms with E-state index in [1.54, 1.807) is 12.1 Å². The first kappa shape index (κ1) is 24.1. The first-order chi connectivity index (χ1) is 17.6. The maximum atomic E-state index is 13.4. The predicted octanol–water partition coefficient (Wildman–Crippen LogP) is 5.20. The molecular formula is C27H27FN6OS. The summed E-state index contributed by atoms with van der Waals surface area (Å²) in [5.74, 6) is 1.05. The van der Waals surface area contributed by atoms with Gasteiger partial charge in [0.15, 0.2) is 5.13 Å². The number of anilines is 2. The fourth-order valence-electron chi connectivity index (χ4n) is 4.85. The number of nitriles is 1. The number of halogens is 1. The number of carbonyl (C=O) groups excluding carboxylic acids is 1. The monoisotopic (exact) mass is 502 g/mol. The largest absolute Gasteiger partial charge is 0.305 e. The molecule has 1 aliphatic rings. The highest BCUT2D eigenvalue weighted by atomic mass is 32.1. The number of carbonyl (C=O) groups is 1. The van der Waals surface area contributed by atoms with Crippen LogP contribution < -0.4 is 4.90 Å². The number of nitrogens with zero attached hydrogens (tertiary/aromatic N) is 6. The summed E-state index contributed by atoms with van der Waals surface area (Å²) < 4.78 is 15.5. The lowest BCUT2D eigenvalue weighted by Crippen LogP contribution is -2.34. The number of aldehydes is 1. The standard InChI is InChI=1S/C27H27FN6OS/c1-32(27-31-24(18-36-27)20-4-7-22(28)8-5-20)26-23(3-2-12-29)30-25-9-6-21(17-34(25)26)19-10-13-33(14-11-19)15-16-35/h4-9,16-19H,2-3,10-11,13-15H2,1H3. The molecule has 0 spiro atoms. The van der Waals surface area contributed by atoms with Gasteiger partial charge in [-0.05, 0) is 67.7 Å². The van der Waals surface area contributed by atoms with Crippen molar-refractivity contribution in [2.24, 2.45) is 0 Å². The van der Waals surface area contributed by atoms with Crippen LogP contribution in [-0.4, -0.2) is 52.2 Å². The number of benzene rings is 1. The van der Waals surface area contributed by atoms with Crippen LogP contribution >= 0.6 is 11.3 Å². The van der Waals surface area contributed by atoms with E-state index in [4.69, 9.17) is 9.97 Å². The van der Waals surface area contributed by atoms with Crippen molar-refractivity contribution in [2.45, 2.75) is 31.6 Å². The van der Waals surface area contributed by atoms with Gasteiger partial charge >= 0.3 is 0 Å². The second-order valence-corrected chi connectivity index (χ2v) is 9.89. The van der Waals surface area contributed by atoms with Gasteiger partial charge in [-0.2, -0.15) is 5.26 Å². The van der Waals surface area contributed by atoms with Gasteiger partial charge in [0.2, 0.25) is 0 Å². The van der Waals surface area contributed by atoms with Crippen molar-refractivity contribution in [1.82, 2.24) is 19.3 Å². The Morgan fingerprint density at radius 2 is 1.97 bits per heavy atom. The molecule has 0 bridgehead atoms. The third-order valence-corrected chi connectivity index (χ3v) is 7.70. The average Bonchev–Trinajstić information content (AvgIpc) is 3.53. The number of rotatable bonds is 8. The molecule has 5 rings (SSSR count). The molecular weight excluding hydrogens is 475 g/mol. The van der Waals surface area contributed by atoms with Crippen molar-refractivity contribution >= 4 is 34.2 Å². The Morgan fingerprint density at radius 3 is 2.69 bits per heavy atom. The van der Waals surface area contributed by atoms with E-state index in [2.05, 4.69) is 27.6 Å². The zero-order valence-electron chi connectivity index (χ0n) is 20.1. The van der Waals surface area contributed by atoms with Crippen molar-refractivity contribution in [3.05, 3.63) is 65.0 Å². The molecule has 1 saturated heterocycles. The molecule has 3 aromatic heterocycles. The number of imidazole rings is 1. The number of aromatic nitrogens is 3. The lowest BCUT2D eigenvalue weighted by molar-refractivity contribution is -0.109. The lowest BCUT2D eigenvalue weighted by Gasteiger charge is -2.30. The summed E-state index contributed by atoms with van der Waals surface area (Å²) in [5, 5.41) is 12.0. The van der Waals surface area contributed by atoms with E-state index in [0.717, 1.165) is 65.8 Å². The van der Waals surface area contributed by atoms with Gasteiger partial charge in [-0.15, -0.1) is 11.3 Å². The molecule has 0 saturated carbocycles. The van der Waals surface area contributed by atoms with E-state index in [0.29, 0.717) is 25.3 Å². The van der Waals surface area contributed by atoms with E-state index in [1.165, 1.54) is 29.0 Å². The Labute approximate surface area is 213 Å². The summed E-state index contributed by atoms with van der Waals surface area (Å²) in [6.45, 7) is 2.33. The lowest BCUT2D eigenvalue weighted by atomic mass is 9.90. The molecule has 7 nitrogen and oxygen atoms in total. The Morgan fingerprint density at radius 1 is 1.19 bits per heavy atom. The molecule has 36 heavy (non-hydrogen) atoms. The average molecular weight is 503 g/mol. The number of hydrogen-bond acceptors (Lipinski definition) is 7. The molecule has 184 valence electrons. The number of piperidine rings is 1. The zero-order chi connectivity index (χ0) is 25.1. The Balaban J connectivity index is 1.48.